The van der Waals surface area contributed by atoms with Gasteiger partial charge in [0.2, 0.25) is 5.91 Å². The number of nitrogens with one attached hydrogen (secondary N) is 1. The van der Waals surface area contributed by atoms with Gasteiger partial charge in [-0.25, -0.2) is 4.98 Å². The number of hydrogen-bond acceptors (Lipinski definition) is 3. The molecule has 0 aliphatic rings. The Morgan fingerprint density at radius 3 is 2.46 bits per heavy atom. The summed E-state index contributed by atoms with van der Waals surface area (Å²) in [5, 5.41) is 3.93. The summed E-state index contributed by atoms with van der Waals surface area (Å²) in [4.78, 5) is 21.0. The van der Waals surface area contributed by atoms with E-state index in [1.807, 2.05) is 54.7 Å². The molecule has 3 heterocycles. The van der Waals surface area contributed by atoms with E-state index in [0.717, 1.165) is 22.2 Å². The molecule has 0 aliphatic heterocycles. The van der Waals surface area contributed by atoms with Gasteiger partial charge in [0.15, 0.2) is 0 Å². The summed E-state index contributed by atoms with van der Waals surface area (Å²) >= 11 is 0. The molecule has 5 heteroatoms. The number of nitrogens with zero attached hydrogens (tertiary/aromatic N) is 3. The molecule has 0 atom stereocenters. The first-order valence-corrected chi connectivity index (χ1v) is 8.47. The average Bonchev–Trinajstić information content (AvgIpc) is 3.01. The Kier molecular flexibility index (Phi) is 4.43. The Morgan fingerprint density at radius 1 is 0.923 bits per heavy atom. The molecule has 5 nitrogen and oxygen atoms in total. The number of amides is 1. The first-order valence-electron chi connectivity index (χ1n) is 8.47. The minimum Gasteiger partial charge on any atom is -0.341 e. The van der Waals surface area contributed by atoms with Gasteiger partial charge in [0.05, 0.1) is 18.7 Å². The number of fused-ring (bicyclic) bond motifs is 1. The molecule has 0 saturated carbocycles. The number of para-hydroxylation sites is 1. The fourth-order valence-corrected chi connectivity index (χ4v) is 3.06. The lowest BCUT2D eigenvalue weighted by Crippen LogP contribution is -2.15. The van der Waals surface area contributed by atoms with E-state index in [4.69, 9.17) is 0 Å². The molecule has 0 bridgehead atoms. The van der Waals surface area contributed by atoms with E-state index in [-0.39, 0.29) is 5.91 Å². The van der Waals surface area contributed by atoms with Crippen LogP contribution in [0.5, 0.6) is 0 Å². The topological polar surface area (TPSA) is 59.8 Å². The van der Waals surface area contributed by atoms with Gasteiger partial charge in [-0.1, -0.05) is 30.3 Å². The van der Waals surface area contributed by atoms with Crippen LogP contribution in [-0.2, 0) is 17.8 Å². The molecular formula is C21H18N4O. The summed E-state index contributed by atoms with van der Waals surface area (Å²) in [5.74, 6) is 0.485. The van der Waals surface area contributed by atoms with Crippen LogP contribution in [0, 0.1) is 0 Å². The Hall–Kier alpha value is -3.47. The highest BCUT2D eigenvalue weighted by Gasteiger charge is 2.12. The minimum atomic E-state index is -0.0792. The third-order valence-electron chi connectivity index (χ3n) is 4.21. The molecule has 0 unspecified atom stereocenters. The molecule has 4 rings (SSSR count). The lowest BCUT2D eigenvalue weighted by Gasteiger charge is -2.04. The van der Waals surface area contributed by atoms with Crippen molar-refractivity contribution in [3.05, 3.63) is 90.5 Å². The quantitative estimate of drug-likeness (QED) is 0.602. The zero-order chi connectivity index (χ0) is 17.8. The molecule has 0 fully saturated rings. The van der Waals surface area contributed by atoms with Crippen molar-refractivity contribution in [1.29, 1.82) is 0 Å². The van der Waals surface area contributed by atoms with Gasteiger partial charge in [0.25, 0.3) is 0 Å². The lowest BCUT2D eigenvalue weighted by atomic mass is 10.1. The first kappa shape index (κ1) is 16.0. The van der Waals surface area contributed by atoms with Gasteiger partial charge in [-0.15, -0.1) is 0 Å². The standard InChI is InChI=1S/C21H18N4O/c26-21(24-20-10-4-6-12-23-20)13-16-14-25(15-17-7-3-5-11-22-17)19-9-2-1-8-18(16)19/h1-12,14H,13,15H2,(H,23,24,26). The molecule has 1 aromatic carbocycles. The fraction of sp³-hybridized carbons (Fsp3) is 0.0952. The minimum absolute atomic E-state index is 0.0792. The number of pyridine rings is 2. The second-order valence-corrected chi connectivity index (χ2v) is 6.06. The molecule has 0 spiro atoms. The maximum absolute atomic E-state index is 12.4. The zero-order valence-electron chi connectivity index (χ0n) is 14.2. The largest absolute Gasteiger partial charge is 0.341 e. The summed E-state index contributed by atoms with van der Waals surface area (Å²) in [6.07, 6.45) is 5.79. The first-order chi connectivity index (χ1) is 12.8. The maximum Gasteiger partial charge on any atom is 0.230 e. The van der Waals surface area contributed by atoms with Gasteiger partial charge in [-0.05, 0) is 35.9 Å². The smallest absolute Gasteiger partial charge is 0.230 e. The van der Waals surface area contributed by atoms with Crippen molar-refractivity contribution in [2.24, 2.45) is 0 Å². The Labute approximate surface area is 151 Å². The predicted molar refractivity (Wildman–Crippen MR) is 102 cm³/mol. The van der Waals surface area contributed by atoms with Crippen LogP contribution >= 0.6 is 0 Å². The Morgan fingerprint density at radius 2 is 1.69 bits per heavy atom. The molecule has 128 valence electrons. The van der Waals surface area contributed by atoms with Crippen LogP contribution in [0.2, 0.25) is 0 Å². The van der Waals surface area contributed by atoms with Crippen molar-refractivity contribution in [2.45, 2.75) is 13.0 Å². The van der Waals surface area contributed by atoms with Crippen molar-refractivity contribution in [1.82, 2.24) is 14.5 Å². The van der Waals surface area contributed by atoms with Crippen molar-refractivity contribution in [3.63, 3.8) is 0 Å². The number of carbonyl (C=O) groups excluding carboxylic acids is 1. The normalized spacial score (nSPS) is 10.8. The molecule has 26 heavy (non-hydrogen) atoms. The van der Waals surface area contributed by atoms with E-state index in [1.165, 1.54) is 0 Å². The van der Waals surface area contributed by atoms with Crippen LogP contribution in [-0.4, -0.2) is 20.4 Å². The van der Waals surface area contributed by atoms with Gasteiger partial charge in [0, 0.05) is 29.5 Å². The summed E-state index contributed by atoms with van der Waals surface area (Å²) in [5.41, 5.74) is 3.07. The van der Waals surface area contributed by atoms with E-state index in [0.29, 0.717) is 18.8 Å². The monoisotopic (exact) mass is 342 g/mol. The maximum atomic E-state index is 12.4. The van der Waals surface area contributed by atoms with Crippen molar-refractivity contribution in [3.8, 4) is 0 Å². The van der Waals surface area contributed by atoms with Gasteiger partial charge in [-0.2, -0.15) is 0 Å². The van der Waals surface area contributed by atoms with Gasteiger partial charge in [0.1, 0.15) is 5.82 Å². The summed E-state index contributed by atoms with van der Waals surface area (Å²) in [7, 11) is 0. The number of hydrogen-bond donors (Lipinski definition) is 1. The Bertz CT molecular complexity index is 1030. The summed E-state index contributed by atoms with van der Waals surface area (Å²) in [6.45, 7) is 0.670. The molecule has 1 N–H and O–H groups in total. The third-order valence-corrected chi connectivity index (χ3v) is 4.21. The fourth-order valence-electron chi connectivity index (χ4n) is 3.06. The van der Waals surface area contributed by atoms with E-state index in [1.54, 1.807) is 18.5 Å². The molecule has 0 aliphatic carbocycles. The van der Waals surface area contributed by atoms with Gasteiger partial charge < -0.3 is 9.88 Å². The van der Waals surface area contributed by atoms with E-state index < -0.39 is 0 Å². The van der Waals surface area contributed by atoms with Gasteiger partial charge in [-0.3, -0.25) is 9.78 Å². The molecule has 4 aromatic rings. The van der Waals surface area contributed by atoms with Crippen LogP contribution in [0.4, 0.5) is 5.82 Å². The van der Waals surface area contributed by atoms with Crippen molar-refractivity contribution >= 4 is 22.6 Å². The number of rotatable bonds is 5. The van der Waals surface area contributed by atoms with Crippen LogP contribution in [0.15, 0.2) is 79.3 Å². The van der Waals surface area contributed by atoms with Crippen LogP contribution < -0.4 is 5.32 Å². The van der Waals surface area contributed by atoms with Crippen molar-refractivity contribution < 1.29 is 4.79 Å². The third kappa shape index (κ3) is 3.47. The number of carbonyl (C=O) groups is 1. The molecular weight excluding hydrogens is 324 g/mol. The second-order valence-electron chi connectivity index (χ2n) is 6.06. The van der Waals surface area contributed by atoms with Crippen LogP contribution in [0.1, 0.15) is 11.3 Å². The van der Waals surface area contributed by atoms with Crippen LogP contribution in [0.3, 0.4) is 0 Å². The summed E-state index contributed by atoms with van der Waals surface area (Å²) in [6, 6.07) is 19.5. The highest BCUT2D eigenvalue weighted by atomic mass is 16.1. The number of benzene rings is 1. The molecule has 0 saturated heterocycles. The van der Waals surface area contributed by atoms with Gasteiger partial charge >= 0.3 is 0 Å². The van der Waals surface area contributed by atoms with E-state index in [2.05, 4.69) is 25.9 Å². The van der Waals surface area contributed by atoms with E-state index >= 15 is 0 Å². The average molecular weight is 342 g/mol. The van der Waals surface area contributed by atoms with Crippen LogP contribution in [0.25, 0.3) is 10.9 Å². The number of aromatic nitrogens is 3. The summed E-state index contributed by atoms with van der Waals surface area (Å²) < 4.78 is 2.14. The molecule has 0 radical (unpaired) electrons. The number of anilines is 1. The Balaban J connectivity index is 1.60. The predicted octanol–water partition coefficient (Wildman–Crippen LogP) is 3.66. The highest BCUT2D eigenvalue weighted by Crippen LogP contribution is 2.23. The van der Waals surface area contributed by atoms with E-state index in [9.17, 15) is 4.79 Å². The lowest BCUT2D eigenvalue weighted by molar-refractivity contribution is -0.115. The highest BCUT2D eigenvalue weighted by molar-refractivity contribution is 5.95. The molecule has 1 amide bonds. The van der Waals surface area contributed by atoms with Crippen molar-refractivity contribution in [2.75, 3.05) is 5.32 Å². The molecule has 3 aromatic heterocycles. The second kappa shape index (κ2) is 7.19. The zero-order valence-corrected chi connectivity index (χ0v) is 14.2. The SMILES string of the molecule is O=C(Cc1cn(Cc2ccccn2)c2ccccc12)Nc1ccccn1.